The van der Waals surface area contributed by atoms with Gasteiger partial charge in [-0.1, -0.05) is 24.9 Å². The molecule has 2 aromatic rings. The number of benzene rings is 1. The van der Waals surface area contributed by atoms with Crippen LogP contribution in [-0.2, 0) is 0 Å². The molecular weight excluding hydrogens is 473 g/mol. The third-order valence-electron chi connectivity index (χ3n) is 8.82. The van der Waals surface area contributed by atoms with E-state index < -0.39 is 0 Å². The maximum absolute atomic E-state index is 14.2. The number of aryl methyl sites for hydroxylation is 2. The molecule has 3 aliphatic rings. The first-order valence-electron chi connectivity index (χ1n) is 13.3. The van der Waals surface area contributed by atoms with Gasteiger partial charge in [-0.05, 0) is 81.4 Å². The number of rotatable bonds is 6. The molecule has 3 aliphatic heterocycles. The summed E-state index contributed by atoms with van der Waals surface area (Å²) in [5, 5.41) is 0. The number of carbonyl (C=O) groups excluding carboxylic acids is 1. The Hall–Kier alpha value is -2.03. The average molecular weight is 512 g/mol. The maximum atomic E-state index is 14.2. The Morgan fingerprint density at radius 2 is 1.72 bits per heavy atom. The van der Waals surface area contributed by atoms with E-state index >= 15 is 0 Å². The second-order valence-electron chi connectivity index (χ2n) is 11.1. The van der Waals surface area contributed by atoms with Crippen LogP contribution in [0, 0.1) is 37.4 Å². The van der Waals surface area contributed by atoms with E-state index in [1.807, 2.05) is 24.8 Å². The molecule has 4 atom stereocenters. The predicted octanol–water partition coefficient (Wildman–Crippen LogP) is 4.36. The van der Waals surface area contributed by atoms with Gasteiger partial charge in [0, 0.05) is 45.3 Å². The molecule has 3 saturated heterocycles. The van der Waals surface area contributed by atoms with Crippen LogP contribution in [0.25, 0.3) is 0 Å². The largest absolute Gasteiger partial charge is 0.338 e. The summed E-state index contributed by atoms with van der Waals surface area (Å²) in [6.45, 7) is 11.7. The van der Waals surface area contributed by atoms with Gasteiger partial charge < -0.3 is 4.90 Å². The first-order chi connectivity index (χ1) is 17.3. The molecule has 194 valence electrons. The second kappa shape index (κ2) is 10.8. The van der Waals surface area contributed by atoms with Crippen LogP contribution < -0.4 is 0 Å². The Bertz CT molecular complexity index is 1060. The van der Waals surface area contributed by atoms with Crippen LogP contribution in [0.3, 0.4) is 0 Å². The van der Waals surface area contributed by atoms with E-state index in [0.717, 1.165) is 75.5 Å². The maximum Gasteiger partial charge on any atom is 0.257 e. The molecule has 1 aromatic carbocycles. The number of aromatic nitrogens is 2. The van der Waals surface area contributed by atoms with E-state index in [1.165, 1.54) is 6.33 Å². The van der Waals surface area contributed by atoms with Crippen molar-refractivity contribution in [2.24, 2.45) is 17.8 Å². The van der Waals surface area contributed by atoms with Crippen molar-refractivity contribution < 1.29 is 9.18 Å². The number of amides is 1. The van der Waals surface area contributed by atoms with Crippen LogP contribution in [0.15, 0.2) is 30.6 Å². The fraction of sp³-hybridized carbons (Fsp3) is 0.607. The minimum atomic E-state index is -0.147. The molecule has 4 unspecified atom stereocenters. The van der Waals surface area contributed by atoms with Gasteiger partial charge in [-0.2, -0.15) is 0 Å². The first kappa shape index (κ1) is 25.6. The number of halogens is 1. The number of fused-ring (bicyclic) bond motifs is 1. The monoisotopic (exact) mass is 511 g/mol. The predicted molar refractivity (Wildman–Crippen MR) is 142 cm³/mol. The van der Waals surface area contributed by atoms with Gasteiger partial charge in [-0.25, -0.2) is 14.4 Å². The van der Waals surface area contributed by atoms with Crippen molar-refractivity contribution in [3.05, 3.63) is 58.9 Å². The highest BCUT2D eigenvalue weighted by atomic mass is 32.1. The summed E-state index contributed by atoms with van der Waals surface area (Å²) in [5.74, 6) is 1.82. The van der Waals surface area contributed by atoms with Crippen molar-refractivity contribution in [2.45, 2.75) is 52.0 Å². The van der Waals surface area contributed by atoms with Crippen molar-refractivity contribution >= 4 is 18.7 Å². The van der Waals surface area contributed by atoms with Gasteiger partial charge in [0.25, 0.3) is 5.91 Å². The summed E-state index contributed by atoms with van der Waals surface area (Å²) in [7, 11) is 0. The zero-order chi connectivity index (χ0) is 25.4. The Morgan fingerprint density at radius 1 is 1.08 bits per heavy atom. The number of nitrogens with zero attached hydrogens (tertiary/aromatic N) is 5. The van der Waals surface area contributed by atoms with Gasteiger partial charge in [-0.3, -0.25) is 14.0 Å². The van der Waals surface area contributed by atoms with Gasteiger partial charge in [0.2, 0.25) is 0 Å². The second-order valence-corrected chi connectivity index (χ2v) is 11.7. The summed E-state index contributed by atoms with van der Waals surface area (Å²) in [5.41, 5.74) is 3.30. The summed E-state index contributed by atoms with van der Waals surface area (Å²) in [6.07, 6.45) is 4.75. The summed E-state index contributed by atoms with van der Waals surface area (Å²) >= 11 is 4.54. The minimum Gasteiger partial charge on any atom is -0.338 e. The van der Waals surface area contributed by atoms with Crippen LogP contribution in [-0.4, -0.2) is 75.3 Å². The molecule has 0 saturated carbocycles. The lowest BCUT2D eigenvalue weighted by Crippen LogP contribution is -2.39. The molecule has 1 aromatic heterocycles. The highest BCUT2D eigenvalue weighted by Gasteiger charge is 2.44. The van der Waals surface area contributed by atoms with Gasteiger partial charge in [0.05, 0.1) is 17.0 Å². The number of hydrogen-bond donors (Lipinski definition) is 1. The molecule has 0 aliphatic carbocycles. The fourth-order valence-corrected chi connectivity index (χ4v) is 6.99. The summed E-state index contributed by atoms with van der Waals surface area (Å²) < 4.78 is 16.3. The van der Waals surface area contributed by atoms with Crippen LogP contribution in [0.1, 0.15) is 59.4 Å². The average Bonchev–Trinajstić information content (AvgIpc) is 3.43. The van der Waals surface area contributed by atoms with Crippen molar-refractivity contribution in [2.75, 3.05) is 39.3 Å². The van der Waals surface area contributed by atoms with Crippen LogP contribution in [0.5, 0.6) is 0 Å². The van der Waals surface area contributed by atoms with Crippen LogP contribution in [0.2, 0.25) is 0 Å². The van der Waals surface area contributed by atoms with E-state index in [2.05, 4.69) is 45.0 Å². The number of piperidine rings is 1. The van der Waals surface area contributed by atoms with Gasteiger partial charge >= 0.3 is 0 Å². The van der Waals surface area contributed by atoms with Gasteiger partial charge in [0.15, 0.2) is 0 Å². The third-order valence-corrected chi connectivity index (χ3v) is 9.22. The van der Waals surface area contributed by atoms with Gasteiger partial charge in [0.1, 0.15) is 12.1 Å². The molecule has 1 amide bonds. The normalized spacial score (nSPS) is 25.2. The molecule has 3 fully saturated rings. The Morgan fingerprint density at radius 3 is 2.33 bits per heavy atom. The third kappa shape index (κ3) is 5.31. The van der Waals surface area contributed by atoms with Gasteiger partial charge in [-0.15, -0.1) is 0 Å². The SMILES string of the molecule is Cc1ncnc(C)c1C(=O)N1CC2CN(C(C)CC(c3cccc(F)c3)C3CCN(S)CC3)CC2C1. The van der Waals surface area contributed by atoms with Crippen molar-refractivity contribution in [1.82, 2.24) is 24.1 Å². The van der Waals surface area contributed by atoms with Crippen molar-refractivity contribution in [3.63, 3.8) is 0 Å². The number of likely N-dealkylation sites (tertiary alicyclic amines) is 2. The molecular formula is C28H38FN5OS. The number of hydrogen-bond acceptors (Lipinski definition) is 6. The number of carbonyl (C=O) groups is 1. The number of thiol groups is 1. The molecule has 36 heavy (non-hydrogen) atoms. The van der Waals surface area contributed by atoms with E-state index in [-0.39, 0.29) is 11.7 Å². The molecule has 0 bridgehead atoms. The molecule has 0 spiro atoms. The van der Waals surface area contributed by atoms with Crippen molar-refractivity contribution in [3.8, 4) is 0 Å². The van der Waals surface area contributed by atoms with Crippen LogP contribution >= 0.6 is 12.8 Å². The summed E-state index contributed by atoms with van der Waals surface area (Å²) in [4.78, 5) is 26.4. The standard InChI is InChI=1S/C28H38FN5OS/c1-18(11-26(21-7-9-34(36)10-8-21)22-5-4-6-25(29)12-22)32-13-23-15-33(16-24(23)14-32)28(35)27-19(2)30-17-31-20(27)3/h4-6,12,17-18,21,23-24,26,36H,7-11,13-16H2,1-3H3. The lowest BCUT2D eigenvalue weighted by molar-refractivity contribution is 0.0766. The lowest BCUT2D eigenvalue weighted by atomic mass is 9.77. The topological polar surface area (TPSA) is 52.6 Å². The van der Waals surface area contributed by atoms with E-state index in [9.17, 15) is 9.18 Å². The van der Waals surface area contributed by atoms with E-state index in [4.69, 9.17) is 0 Å². The molecule has 8 heteroatoms. The fourth-order valence-electron chi connectivity index (χ4n) is 6.76. The highest BCUT2D eigenvalue weighted by molar-refractivity contribution is 7.77. The first-order valence-corrected chi connectivity index (χ1v) is 13.7. The minimum absolute atomic E-state index is 0.0706. The highest BCUT2D eigenvalue weighted by Crippen LogP contribution is 2.40. The molecule has 0 N–H and O–H groups in total. The summed E-state index contributed by atoms with van der Waals surface area (Å²) in [6, 6.07) is 7.65. The van der Waals surface area contributed by atoms with Crippen molar-refractivity contribution in [1.29, 1.82) is 0 Å². The zero-order valence-corrected chi connectivity index (χ0v) is 22.5. The molecule has 0 radical (unpaired) electrons. The molecule has 4 heterocycles. The van der Waals surface area contributed by atoms with E-state index in [0.29, 0.717) is 35.3 Å². The van der Waals surface area contributed by atoms with Crippen LogP contribution in [0.4, 0.5) is 4.39 Å². The lowest BCUT2D eigenvalue weighted by Gasteiger charge is -2.37. The smallest absolute Gasteiger partial charge is 0.257 e. The Labute approximate surface area is 219 Å². The molecule has 5 rings (SSSR count). The molecule has 6 nitrogen and oxygen atoms in total. The quantitative estimate of drug-likeness (QED) is 0.585. The Balaban J connectivity index is 1.23. The zero-order valence-electron chi connectivity index (χ0n) is 21.6. The van der Waals surface area contributed by atoms with E-state index in [1.54, 1.807) is 12.1 Å². The Kier molecular flexibility index (Phi) is 7.65.